The Balaban J connectivity index is 2.15. The highest BCUT2D eigenvalue weighted by molar-refractivity contribution is 5.98. The number of carbonyl (C=O) groups excluding carboxylic acids is 2. The molecular weight excluding hydrogens is 240 g/mol. The minimum absolute atomic E-state index is 0.0206. The molecule has 1 aromatic rings. The number of ketones is 1. The van der Waals surface area contributed by atoms with Crippen LogP contribution in [0.1, 0.15) is 43.5 Å². The zero-order valence-electron chi connectivity index (χ0n) is 11.5. The minimum atomic E-state index is -0.248. The fraction of sp³-hybridized carbons (Fsp3) is 0.533. The predicted octanol–water partition coefficient (Wildman–Crippen LogP) is 2.30. The normalized spacial score (nSPS) is 20.3. The Bertz CT molecular complexity index is 458. The quantitative estimate of drug-likeness (QED) is 0.834. The molecule has 0 radical (unpaired) electrons. The van der Waals surface area contributed by atoms with E-state index in [2.05, 4.69) is 4.98 Å². The Morgan fingerprint density at radius 1 is 1.53 bits per heavy atom. The summed E-state index contributed by atoms with van der Waals surface area (Å²) in [6.07, 6.45) is 5.71. The second-order valence-corrected chi connectivity index (χ2v) is 5.11. The Morgan fingerprint density at radius 3 is 2.95 bits per heavy atom. The van der Waals surface area contributed by atoms with Gasteiger partial charge in [-0.25, -0.2) is 0 Å². The summed E-state index contributed by atoms with van der Waals surface area (Å²) in [6.45, 7) is 4.61. The Hall–Kier alpha value is -1.71. The summed E-state index contributed by atoms with van der Waals surface area (Å²) in [7, 11) is 0. The summed E-state index contributed by atoms with van der Waals surface area (Å²) in [5, 5.41) is 0. The summed E-state index contributed by atoms with van der Waals surface area (Å²) in [5.74, 6) is 0.136. The monoisotopic (exact) mass is 260 g/mol. The first kappa shape index (κ1) is 13.7. The van der Waals surface area contributed by atoms with E-state index in [0.29, 0.717) is 12.1 Å². The lowest BCUT2D eigenvalue weighted by Gasteiger charge is -2.25. The molecule has 1 saturated heterocycles. The van der Waals surface area contributed by atoms with Crippen molar-refractivity contribution in [2.75, 3.05) is 6.54 Å². The van der Waals surface area contributed by atoms with Crippen LogP contribution in [0.2, 0.25) is 0 Å². The van der Waals surface area contributed by atoms with Crippen LogP contribution in [0, 0.1) is 5.92 Å². The fourth-order valence-electron chi connectivity index (χ4n) is 2.49. The van der Waals surface area contributed by atoms with Crippen LogP contribution in [0.5, 0.6) is 0 Å². The number of aromatic nitrogens is 1. The van der Waals surface area contributed by atoms with Gasteiger partial charge in [0.15, 0.2) is 5.78 Å². The van der Waals surface area contributed by atoms with E-state index in [1.165, 1.54) is 0 Å². The third-order valence-electron chi connectivity index (χ3n) is 3.85. The first-order valence-electron chi connectivity index (χ1n) is 6.90. The number of nitrogens with zero attached hydrogens (tertiary/aromatic N) is 2. The average Bonchev–Trinajstić information content (AvgIpc) is 2.95. The summed E-state index contributed by atoms with van der Waals surface area (Å²) in [5.41, 5.74) is 0.561. The number of amides is 1. The molecule has 19 heavy (non-hydrogen) atoms. The molecule has 2 unspecified atom stereocenters. The van der Waals surface area contributed by atoms with Gasteiger partial charge in [0, 0.05) is 24.9 Å². The van der Waals surface area contributed by atoms with E-state index < -0.39 is 0 Å². The Kier molecular flexibility index (Phi) is 4.30. The summed E-state index contributed by atoms with van der Waals surface area (Å²) in [6, 6.07) is 3.25. The summed E-state index contributed by atoms with van der Waals surface area (Å²) >= 11 is 0. The molecule has 0 aliphatic carbocycles. The number of Topliss-reactive ketones (excluding diaryl/α,β-unsaturated/α-hetero) is 1. The molecule has 0 bridgehead atoms. The molecule has 2 rings (SSSR count). The van der Waals surface area contributed by atoms with Crippen molar-refractivity contribution in [1.82, 2.24) is 9.88 Å². The molecule has 1 aromatic heterocycles. The number of rotatable bonds is 4. The second-order valence-electron chi connectivity index (χ2n) is 5.11. The molecule has 0 aromatic carbocycles. The number of likely N-dealkylation sites (tertiary alicyclic amines) is 1. The molecule has 1 aliphatic rings. The van der Waals surface area contributed by atoms with Gasteiger partial charge in [-0.3, -0.25) is 14.6 Å². The SMILES string of the molecule is CCC(C)C(=O)C1CCCN1C(=O)c1cccnc1. The fourth-order valence-corrected chi connectivity index (χ4v) is 2.49. The lowest BCUT2D eigenvalue weighted by Crippen LogP contribution is -2.42. The van der Waals surface area contributed by atoms with Crippen molar-refractivity contribution < 1.29 is 9.59 Å². The van der Waals surface area contributed by atoms with Crippen molar-refractivity contribution in [3.8, 4) is 0 Å². The van der Waals surface area contributed by atoms with Gasteiger partial charge in [-0.1, -0.05) is 13.8 Å². The van der Waals surface area contributed by atoms with Gasteiger partial charge in [0.1, 0.15) is 0 Å². The molecule has 1 fully saturated rings. The molecular formula is C15H20N2O2. The van der Waals surface area contributed by atoms with Crippen LogP contribution in [-0.4, -0.2) is 34.2 Å². The van der Waals surface area contributed by atoms with Crippen molar-refractivity contribution in [3.05, 3.63) is 30.1 Å². The van der Waals surface area contributed by atoms with E-state index in [0.717, 1.165) is 19.3 Å². The van der Waals surface area contributed by atoms with Crippen LogP contribution in [0.4, 0.5) is 0 Å². The largest absolute Gasteiger partial charge is 0.329 e. The first-order chi connectivity index (χ1) is 9.15. The molecule has 2 heterocycles. The van der Waals surface area contributed by atoms with Crippen LogP contribution in [0.15, 0.2) is 24.5 Å². The maximum Gasteiger partial charge on any atom is 0.256 e. The molecule has 0 N–H and O–H groups in total. The minimum Gasteiger partial charge on any atom is -0.329 e. The predicted molar refractivity (Wildman–Crippen MR) is 72.8 cm³/mol. The van der Waals surface area contributed by atoms with E-state index >= 15 is 0 Å². The lowest BCUT2D eigenvalue weighted by atomic mass is 9.96. The average molecular weight is 260 g/mol. The highest BCUT2D eigenvalue weighted by Crippen LogP contribution is 2.23. The van der Waals surface area contributed by atoms with Crippen molar-refractivity contribution >= 4 is 11.7 Å². The van der Waals surface area contributed by atoms with Gasteiger partial charge in [0.05, 0.1) is 11.6 Å². The van der Waals surface area contributed by atoms with Gasteiger partial charge in [-0.05, 0) is 31.4 Å². The van der Waals surface area contributed by atoms with Gasteiger partial charge in [-0.15, -0.1) is 0 Å². The van der Waals surface area contributed by atoms with E-state index in [1.807, 2.05) is 13.8 Å². The second kappa shape index (κ2) is 5.95. The highest BCUT2D eigenvalue weighted by atomic mass is 16.2. The topological polar surface area (TPSA) is 50.3 Å². The Morgan fingerprint density at radius 2 is 2.32 bits per heavy atom. The van der Waals surface area contributed by atoms with E-state index in [-0.39, 0.29) is 23.7 Å². The molecule has 2 atom stereocenters. The number of carbonyl (C=O) groups is 2. The molecule has 1 aliphatic heterocycles. The molecule has 102 valence electrons. The Labute approximate surface area is 113 Å². The van der Waals surface area contributed by atoms with Gasteiger partial charge >= 0.3 is 0 Å². The zero-order chi connectivity index (χ0) is 13.8. The molecule has 0 saturated carbocycles. The summed E-state index contributed by atoms with van der Waals surface area (Å²) in [4.78, 5) is 30.4. The molecule has 4 heteroatoms. The number of hydrogen-bond acceptors (Lipinski definition) is 3. The van der Waals surface area contributed by atoms with Gasteiger partial charge < -0.3 is 4.90 Å². The first-order valence-corrected chi connectivity index (χ1v) is 6.90. The van der Waals surface area contributed by atoms with Gasteiger partial charge in [0.25, 0.3) is 5.91 Å². The maximum atomic E-state index is 12.4. The highest BCUT2D eigenvalue weighted by Gasteiger charge is 2.35. The maximum absolute atomic E-state index is 12.4. The smallest absolute Gasteiger partial charge is 0.256 e. The van der Waals surface area contributed by atoms with Gasteiger partial charge in [-0.2, -0.15) is 0 Å². The van der Waals surface area contributed by atoms with Crippen LogP contribution >= 0.6 is 0 Å². The molecule has 1 amide bonds. The van der Waals surface area contributed by atoms with Crippen molar-refractivity contribution in [1.29, 1.82) is 0 Å². The number of pyridine rings is 1. The molecule has 4 nitrogen and oxygen atoms in total. The van der Waals surface area contributed by atoms with Crippen LogP contribution in [-0.2, 0) is 4.79 Å². The summed E-state index contributed by atoms with van der Waals surface area (Å²) < 4.78 is 0. The standard InChI is InChI=1S/C15H20N2O2/c1-3-11(2)14(18)13-7-5-9-17(13)15(19)12-6-4-8-16-10-12/h4,6,8,10-11,13H,3,5,7,9H2,1-2H3. The van der Waals surface area contributed by atoms with Crippen LogP contribution < -0.4 is 0 Å². The van der Waals surface area contributed by atoms with Gasteiger partial charge in [0.2, 0.25) is 0 Å². The van der Waals surface area contributed by atoms with Crippen molar-refractivity contribution in [3.63, 3.8) is 0 Å². The van der Waals surface area contributed by atoms with Crippen molar-refractivity contribution in [2.24, 2.45) is 5.92 Å². The zero-order valence-corrected chi connectivity index (χ0v) is 11.5. The van der Waals surface area contributed by atoms with E-state index in [9.17, 15) is 9.59 Å². The van der Waals surface area contributed by atoms with Crippen LogP contribution in [0.3, 0.4) is 0 Å². The number of hydrogen-bond donors (Lipinski definition) is 0. The van der Waals surface area contributed by atoms with Crippen molar-refractivity contribution in [2.45, 2.75) is 39.2 Å². The van der Waals surface area contributed by atoms with E-state index in [1.54, 1.807) is 29.4 Å². The van der Waals surface area contributed by atoms with E-state index in [4.69, 9.17) is 0 Å². The van der Waals surface area contributed by atoms with Crippen LogP contribution in [0.25, 0.3) is 0 Å². The molecule has 0 spiro atoms. The third kappa shape index (κ3) is 2.83. The lowest BCUT2D eigenvalue weighted by molar-refractivity contribution is -0.126. The third-order valence-corrected chi connectivity index (χ3v) is 3.85.